The summed E-state index contributed by atoms with van der Waals surface area (Å²) in [5.74, 6) is 1.23. The molecule has 1 amide bonds. The molecule has 122 valence electrons. The second-order valence-corrected chi connectivity index (χ2v) is 5.65. The highest BCUT2D eigenvalue weighted by atomic mass is 16.5. The van der Waals surface area contributed by atoms with E-state index < -0.39 is 0 Å². The lowest BCUT2D eigenvalue weighted by Gasteiger charge is -2.14. The molecule has 1 N–H and O–H groups in total. The molecule has 0 saturated carbocycles. The number of amides is 1. The Kier molecular flexibility index (Phi) is 5.63. The van der Waals surface area contributed by atoms with E-state index in [-0.39, 0.29) is 11.8 Å². The molecular formula is C19H23NO3. The largest absolute Gasteiger partial charge is 0.493 e. The fourth-order valence-electron chi connectivity index (χ4n) is 2.44. The van der Waals surface area contributed by atoms with Gasteiger partial charge in [0.15, 0.2) is 11.5 Å². The number of ether oxygens (including phenoxy) is 2. The minimum Gasteiger partial charge on any atom is -0.493 e. The maximum absolute atomic E-state index is 12.3. The van der Waals surface area contributed by atoms with Crippen LogP contribution < -0.4 is 14.8 Å². The van der Waals surface area contributed by atoms with Gasteiger partial charge in [0.2, 0.25) is 5.91 Å². The highest BCUT2D eigenvalue weighted by molar-refractivity contribution is 5.92. The van der Waals surface area contributed by atoms with Crippen LogP contribution in [0.2, 0.25) is 0 Å². The number of carbonyl (C=O) groups is 1. The van der Waals surface area contributed by atoms with Crippen molar-refractivity contribution in [3.05, 3.63) is 53.6 Å². The topological polar surface area (TPSA) is 47.6 Å². The van der Waals surface area contributed by atoms with Crippen molar-refractivity contribution in [2.45, 2.75) is 20.3 Å². The van der Waals surface area contributed by atoms with Crippen molar-refractivity contribution in [2.75, 3.05) is 19.5 Å². The van der Waals surface area contributed by atoms with Gasteiger partial charge in [0.25, 0.3) is 0 Å². The molecule has 0 fully saturated rings. The Morgan fingerprint density at radius 2 is 1.83 bits per heavy atom. The van der Waals surface area contributed by atoms with Crippen molar-refractivity contribution < 1.29 is 14.3 Å². The summed E-state index contributed by atoms with van der Waals surface area (Å²) in [4.78, 5) is 12.3. The zero-order valence-electron chi connectivity index (χ0n) is 14.1. The zero-order valence-corrected chi connectivity index (χ0v) is 14.1. The van der Waals surface area contributed by atoms with E-state index in [0.717, 1.165) is 16.8 Å². The molecule has 4 nitrogen and oxygen atoms in total. The number of rotatable bonds is 6. The zero-order chi connectivity index (χ0) is 16.8. The van der Waals surface area contributed by atoms with Crippen LogP contribution in [-0.4, -0.2) is 20.1 Å². The van der Waals surface area contributed by atoms with Crippen LogP contribution in [0.5, 0.6) is 11.5 Å². The van der Waals surface area contributed by atoms with Crippen molar-refractivity contribution in [3.63, 3.8) is 0 Å². The second kappa shape index (κ2) is 7.68. The number of hydrogen-bond donors (Lipinski definition) is 1. The van der Waals surface area contributed by atoms with Gasteiger partial charge in [-0.25, -0.2) is 0 Å². The Morgan fingerprint density at radius 1 is 1.09 bits per heavy atom. The lowest BCUT2D eigenvalue weighted by molar-refractivity contribution is -0.119. The molecule has 0 spiro atoms. The normalized spacial score (nSPS) is 11.7. The molecule has 0 radical (unpaired) electrons. The Balaban J connectivity index is 2.03. The van der Waals surface area contributed by atoms with Gasteiger partial charge < -0.3 is 14.8 Å². The van der Waals surface area contributed by atoms with Gasteiger partial charge in [-0.05, 0) is 48.7 Å². The monoisotopic (exact) mass is 313 g/mol. The van der Waals surface area contributed by atoms with E-state index in [2.05, 4.69) is 5.32 Å². The number of anilines is 1. The van der Waals surface area contributed by atoms with E-state index in [4.69, 9.17) is 9.47 Å². The van der Waals surface area contributed by atoms with Gasteiger partial charge in [0, 0.05) is 11.6 Å². The summed E-state index contributed by atoms with van der Waals surface area (Å²) >= 11 is 0. The first-order valence-corrected chi connectivity index (χ1v) is 7.62. The number of benzene rings is 2. The van der Waals surface area contributed by atoms with E-state index in [1.165, 1.54) is 0 Å². The Hall–Kier alpha value is -2.49. The average molecular weight is 313 g/mol. The lowest BCUT2D eigenvalue weighted by atomic mass is 9.99. The average Bonchev–Trinajstić information content (AvgIpc) is 2.54. The van der Waals surface area contributed by atoms with Gasteiger partial charge in [-0.3, -0.25) is 4.79 Å². The molecule has 0 aromatic heterocycles. The first-order chi connectivity index (χ1) is 11.0. The van der Waals surface area contributed by atoms with Gasteiger partial charge in [-0.15, -0.1) is 0 Å². The third-order valence-corrected chi connectivity index (χ3v) is 3.72. The predicted molar refractivity (Wildman–Crippen MR) is 92.2 cm³/mol. The summed E-state index contributed by atoms with van der Waals surface area (Å²) in [7, 11) is 3.21. The van der Waals surface area contributed by atoms with Crippen molar-refractivity contribution in [2.24, 2.45) is 5.92 Å². The molecule has 2 rings (SSSR count). The molecule has 2 aromatic carbocycles. The van der Waals surface area contributed by atoms with Crippen LogP contribution in [0.4, 0.5) is 5.69 Å². The molecule has 23 heavy (non-hydrogen) atoms. The van der Waals surface area contributed by atoms with Gasteiger partial charge in [-0.1, -0.05) is 25.1 Å². The molecule has 0 saturated heterocycles. The van der Waals surface area contributed by atoms with Gasteiger partial charge in [-0.2, -0.15) is 0 Å². The third-order valence-electron chi connectivity index (χ3n) is 3.72. The molecule has 0 aliphatic heterocycles. The first kappa shape index (κ1) is 16.9. The lowest BCUT2D eigenvalue weighted by Crippen LogP contribution is -2.22. The summed E-state index contributed by atoms with van der Waals surface area (Å²) in [6, 6.07) is 13.5. The first-order valence-electron chi connectivity index (χ1n) is 7.62. The fraction of sp³-hybridized carbons (Fsp3) is 0.316. The molecule has 0 heterocycles. The third kappa shape index (κ3) is 4.49. The van der Waals surface area contributed by atoms with Crippen LogP contribution in [0.1, 0.15) is 18.1 Å². The highest BCUT2D eigenvalue weighted by Gasteiger charge is 2.15. The number of methoxy groups -OCH3 is 2. The number of nitrogens with one attached hydrogen (secondary N) is 1. The molecule has 4 heteroatoms. The number of carbonyl (C=O) groups excluding carboxylic acids is 1. The summed E-state index contributed by atoms with van der Waals surface area (Å²) in [5, 5.41) is 2.96. The van der Waals surface area contributed by atoms with Crippen molar-refractivity contribution in [1.29, 1.82) is 0 Å². The minimum atomic E-state index is -0.145. The minimum absolute atomic E-state index is 0.00499. The van der Waals surface area contributed by atoms with E-state index in [0.29, 0.717) is 17.9 Å². The van der Waals surface area contributed by atoms with E-state index in [1.807, 2.05) is 56.3 Å². The van der Waals surface area contributed by atoms with Gasteiger partial charge in [0.05, 0.1) is 14.2 Å². The van der Waals surface area contributed by atoms with E-state index in [1.54, 1.807) is 14.2 Å². The van der Waals surface area contributed by atoms with Crippen LogP contribution in [0.3, 0.4) is 0 Å². The quantitative estimate of drug-likeness (QED) is 0.881. The summed E-state index contributed by atoms with van der Waals surface area (Å²) in [6.07, 6.45) is 0.637. The standard InChI is InChI=1S/C19H23NO3/c1-13-6-5-7-16(10-13)20-19(21)14(2)11-15-8-9-17(22-3)18(12-15)23-4/h5-10,12,14H,11H2,1-4H3,(H,20,21). The smallest absolute Gasteiger partial charge is 0.227 e. The molecule has 0 aliphatic carbocycles. The summed E-state index contributed by atoms with van der Waals surface area (Å²) in [6.45, 7) is 3.92. The number of aryl methyl sites for hydroxylation is 1. The predicted octanol–water partition coefficient (Wildman–Crippen LogP) is 3.83. The highest BCUT2D eigenvalue weighted by Crippen LogP contribution is 2.28. The SMILES string of the molecule is COc1ccc(CC(C)C(=O)Nc2cccc(C)c2)cc1OC. The van der Waals surface area contributed by atoms with Crippen molar-refractivity contribution >= 4 is 11.6 Å². The second-order valence-electron chi connectivity index (χ2n) is 5.65. The molecular weight excluding hydrogens is 290 g/mol. The molecule has 0 aliphatic rings. The van der Waals surface area contributed by atoms with Crippen LogP contribution in [0, 0.1) is 12.8 Å². The van der Waals surface area contributed by atoms with Gasteiger partial charge in [0.1, 0.15) is 0 Å². The van der Waals surface area contributed by atoms with Crippen molar-refractivity contribution in [3.8, 4) is 11.5 Å². The maximum Gasteiger partial charge on any atom is 0.227 e. The van der Waals surface area contributed by atoms with E-state index in [9.17, 15) is 4.79 Å². The Morgan fingerprint density at radius 3 is 2.48 bits per heavy atom. The number of hydrogen-bond acceptors (Lipinski definition) is 3. The summed E-state index contributed by atoms with van der Waals surface area (Å²) < 4.78 is 10.5. The van der Waals surface area contributed by atoms with E-state index >= 15 is 0 Å². The Bertz CT molecular complexity index is 682. The Labute approximate surface area is 137 Å². The molecule has 0 bridgehead atoms. The fourth-order valence-corrected chi connectivity index (χ4v) is 2.44. The van der Waals surface area contributed by atoms with Crippen LogP contribution in [-0.2, 0) is 11.2 Å². The molecule has 1 unspecified atom stereocenters. The van der Waals surface area contributed by atoms with Crippen LogP contribution in [0.25, 0.3) is 0 Å². The molecule has 1 atom stereocenters. The van der Waals surface area contributed by atoms with Crippen molar-refractivity contribution in [1.82, 2.24) is 0 Å². The maximum atomic E-state index is 12.3. The summed E-state index contributed by atoms with van der Waals surface area (Å²) in [5.41, 5.74) is 2.99. The molecule has 2 aromatic rings. The van der Waals surface area contributed by atoms with Gasteiger partial charge >= 0.3 is 0 Å². The van der Waals surface area contributed by atoms with Crippen LogP contribution >= 0.6 is 0 Å². The van der Waals surface area contributed by atoms with Crippen LogP contribution in [0.15, 0.2) is 42.5 Å².